The third-order valence-electron chi connectivity index (χ3n) is 3.83. The van der Waals surface area contributed by atoms with Gasteiger partial charge in [0.2, 0.25) is 0 Å². The van der Waals surface area contributed by atoms with E-state index in [9.17, 15) is 0 Å². The Bertz CT molecular complexity index is 744. The summed E-state index contributed by atoms with van der Waals surface area (Å²) in [6.45, 7) is 7.11. The van der Waals surface area contributed by atoms with Gasteiger partial charge in [0.25, 0.3) is 0 Å². The van der Waals surface area contributed by atoms with Crippen molar-refractivity contribution in [2.24, 2.45) is 0 Å². The highest BCUT2D eigenvalue weighted by Crippen LogP contribution is 2.28. The van der Waals surface area contributed by atoms with Crippen LogP contribution in [0.3, 0.4) is 0 Å². The number of aromatic amines is 1. The van der Waals surface area contributed by atoms with Crippen molar-refractivity contribution in [1.29, 1.82) is 0 Å². The molecule has 1 atom stereocenters. The Hall–Kier alpha value is -1.92. The molecule has 0 fully saturated rings. The predicted molar refractivity (Wildman–Crippen MR) is 87.8 cm³/mol. The molecule has 5 nitrogen and oxygen atoms in total. The topological polar surface area (TPSA) is 58.0 Å². The van der Waals surface area contributed by atoms with Gasteiger partial charge in [-0.2, -0.15) is 5.10 Å². The molecule has 0 aromatic carbocycles. The summed E-state index contributed by atoms with van der Waals surface area (Å²) in [6.07, 6.45) is 1.72. The molecule has 22 heavy (non-hydrogen) atoms. The summed E-state index contributed by atoms with van der Waals surface area (Å²) in [6, 6.07) is 6.14. The lowest BCUT2D eigenvalue weighted by Crippen LogP contribution is -2.22. The Morgan fingerprint density at radius 1 is 1.32 bits per heavy atom. The first-order chi connectivity index (χ1) is 10.5. The first kappa shape index (κ1) is 15.0. The maximum absolute atomic E-state index is 5.89. The zero-order chi connectivity index (χ0) is 15.7. The first-order valence-corrected chi connectivity index (χ1v) is 8.09. The molecule has 0 aliphatic heterocycles. The van der Waals surface area contributed by atoms with Crippen LogP contribution in [0.5, 0.6) is 0 Å². The van der Waals surface area contributed by atoms with Crippen molar-refractivity contribution in [3.8, 4) is 11.5 Å². The molecule has 3 aromatic heterocycles. The number of furan rings is 1. The van der Waals surface area contributed by atoms with Gasteiger partial charge in [-0.3, -0.25) is 10.00 Å². The van der Waals surface area contributed by atoms with Crippen LogP contribution in [0.4, 0.5) is 0 Å². The van der Waals surface area contributed by atoms with Crippen LogP contribution >= 0.6 is 11.3 Å². The molecule has 3 heterocycles. The van der Waals surface area contributed by atoms with Crippen molar-refractivity contribution in [3.05, 3.63) is 45.7 Å². The maximum Gasteiger partial charge on any atom is 0.152 e. The second-order valence-corrected chi connectivity index (χ2v) is 6.91. The van der Waals surface area contributed by atoms with Crippen LogP contribution in [0.25, 0.3) is 11.5 Å². The number of rotatable bonds is 5. The fourth-order valence-electron chi connectivity index (χ4n) is 2.52. The number of nitrogens with zero attached hydrogens (tertiary/aromatic N) is 3. The fourth-order valence-corrected chi connectivity index (χ4v) is 3.43. The quantitative estimate of drug-likeness (QED) is 0.774. The van der Waals surface area contributed by atoms with Gasteiger partial charge < -0.3 is 4.42 Å². The Morgan fingerprint density at radius 3 is 2.77 bits per heavy atom. The van der Waals surface area contributed by atoms with Crippen LogP contribution in [0.2, 0.25) is 0 Å². The van der Waals surface area contributed by atoms with Crippen LogP contribution in [-0.2, 0) is 6.54 Å². The van der Waals surface area contributed by atoms with Crippen molar-refractivity contribution >= 4 is 11.3 Å². The lowest BCUT2D eigenvalue weighted by Gasteiger charge is -2.22. The summed E-state index contributed by atoms with van der Waals surface area (Å²) in [5, 5.41) is 7.98. The largest absolute Gasteiger partial charge is 0.458 e. The van der Waals surface area contributed by atoms with E-state index >= 15 is 0 Å². The lowest BCUT2D eigenvalue weighted by atomic mass is 10.2. The SMILES string of the molecule is Cc1nc(C(C)N(C)Cc2ccc(-c3ccn[nH]3)o2)c(C)s1. The molecule has 116 valence electrons. The molecule has 3 aromatic rings. The summed E-state index contributed by atoms with van der Waals surface area (Å²) in [5.41, 5.74) is 2.05. The van der Waals surface area contributed by atoms with E-state index in [1.165, 1.54) is 4.88 Å². The Balaban J connectivity index is 1.71. The molecule has 0 spiro atoms. The second-order valence-electron chi connectivity index (χ2n) is 5.50. The molecule has 0 aliphatic rings. The molecule has 0 aliphatic carbocycles. The van der Waals surface area contributed by atoms with E-state index in [0.717, 1.165) is 34.5 Å². The lowest BCUT2D eigenvalue weighted by molar-refractivity contribution is 0.229. The van der Waals surface area contributed by atoms with Gasteiger partial charge in [-0.15, -0.1) is 11.3 Å². The maximum atomic E-state index is 5.89. The average Bonchev–Trinajstić information content (AvgIpc) is 3.18. The van der Waals surface area contributed by atoms with E-state index < -0.39 is 0 Å². The van der Waals surface area contributed by atoms with Gasteiger partial charge in [0.15, 0.2) is 5.76 Å². The van der Waals surface area contributed by atoms with E-state index in [4.69, 9.17) is 4.42 Å². The minimum Gasteiger partial charge on any atom is -0.458 e. The van der Waals surface area contributed by atoms with E-state index in [-0.39, 0.29) is 6.04 Å². The zero-order valence-electron chi connectivity index (χ0n) is 13.3. The highest BCUT2D eigenvalue weighted by atomic mass is 32.1. The van der Waals surface area contributed by atoms with Crippen molar-refractivity contribution in [2.45, 2.75) is 33.4 Å². The molecule has 0 saturated heterocycles. The number of H-pyrrole nitrogens is 1. The van der Waals surface area contributed by atoms with Crippen LogP contribution < -0.4 is 0 Å². The van der Waals surface area contributed by atoms with Gasteiger partial charge >= 0.3 is 0 Å². The number of aromatic nitrogens is 3. The van der Waals surface area contributed by atoms with Crippen molar-refractivity contribution in [3.63, 3.8) is 0 Å². The Morgan fingerprint density at radius 2 is 2.14 bits per heavy atom. The van der Waals surface area contributed by atoms with Gasteiger partial charge in [-0.25, -0.2) is 4.98 Å². The third kappa shape index (κ3) is 2.98. The molecule has 3 rings (SSSR count). The molecule has 0 amide bonds. The van der Waals surface area contributed by atoms with Gasteiger partial charge in [0, 0.05) is 11.1 Å². The van der Waals surface area contributed by atoms with Gasteiger partial charge in [0.1, 0.15) is 11.5 Å². The number of thiazole rings is 1. The summed E-state index contributed by atoms with van der Waals surface area (Å²) >= 11 is 1.75. The van der Waals surface area contributed by atoms with Crippen LogP contribution in [0, 0.1) is 13.8 Å². The zero-order valence-corrected chi connectivity index (χ0v) is 14.1. The molecular formula is C16H20N4OS. The number of aryl methyl sites for hydroxylation is 2. The average molecular weight is 316 g/mol. The van der Waals surface area contributed by atoms with Crippen molar-refractivity contribution in [2.75, 3.05) is 7.05 Å². The summed E-state index contributed by atoms with van der Waals surface area (Å²) in [4.78, 5) is 8.19. The first-order valence-electron chi connectivity index (χ1n) is 7.27. The fraction of sp³-hybridized carbons (Fsp3) is 0.375. The smallest absolute Gasteiger partial charge is 0.152 e. The van der Waals surface area contributed by atoms with Crippen LogP contribution in [0.1, 0.15) is 34.3 Å². The third-order valence-corrected chi connectivity index (χ3v) is 4.73. The molecule has 6 heteroatoms. The van der Waals surface area contributed by atoms with Gasteiger partial charge in [0.05, 0.1) is 23.3 Å². The van der Waals surface area contributed by atoms with Crippen molar-refractivity contribution < 1.29 is 4.42 Å². The normalized spacial score (nSPS) is 13.0. The minimum atomic E-state index is 0.255. The van der Waals surface area contributed by atoms with Crippen LogP contribution in [0.15, 0.2) is 28.8 Å². The van der Waals surface area contributed by atoms with Crippen molar-refractivity contribution in [1.82, 2.24) is 20.1 Å². The molecular weight excluding hydrogens is 296 g/mol. The number of hydrogen-bond donors (Lipinski definition) is 1. The standard InChI is InChI=1S/C16H20N4OS/c1-10(16-11(2)22-12(3)18-16)20(4)9-13-5-6-15(21-13)14-7-8-17-19-14/h5-8,10H,9H2,1-4H3,(H,17,19). The van der Waals surface area contributed by atoms with E-state index in [1.54, 1.807) is 17.5 Å². The van der Waals surface area contributed by atoms with E-state index in [1.807, 2.05) is 18.2 Å². The molecule has 1 unspecified atom stereocenters. The van der Waals surface area contributed by atoms with Gasteiger partial charge in [-0.1, -0.05) is 0 Å². The summed E-state index contributed by atoms with van der Waals surface area (Å²) < 4.78 is 5.89. The molecule has 0 radical (unpaired) electrons. The highest BCUT2D eigenvalue weighted by Gasteiger charge is 2.19. The predicted octanol–water partition coefficient (Wildman–Crippen LogP) is 3.94. The molecule has 0 saturated carbocycles. The Labute approximate surface area is 134 Å². The molecule has 1 N–H and O–H groups in total. The van der Waals surface area contributed by atoms with Gasteiger partial charge in [-0.05, 0) is 46.0 Å². The van der Waals surface area contributed by atoms with E-state index in [0.29, 0.717) is 0 Å². The number of hydrogen-bond acceptors (Lipinski definition) is 5. The number of nitrogens with one attached hydrogen (secondary N) is 1. The monoisotopic (exact) mass is 316 g/mol. The van der Waals surface area contributed by atoms with Crippen LogP contribution in [-0.4, -0.2) is 27.1 Å². The highest BCUT2D eigenvalue weighted by molar-refractivity contribution is 7.11. The molecule has 0 bridgehead atoms. The van der Waals surface area contributed by atoms with E-state index in [2.05, 4.69) is 47.9 Å². The Kier molecular flexibility index (Phi) is 4.13. The second kappa shape index (κ2) is 6.06. The summed E-state index contributed by atoms with van der Waals surface area (Å²) in [7, 11) is 2.09. The summed E-state index contributed by atoms with van der Waals surface area (Å²) in [5.74, 6) is 1.75. The minimum absolute atomic E-state index is 0.255.